The van der Waals surface area contributed by atoms with Crippen molar-refractivity contribution in [3.8, 4) is 0 Å². The summed E-state index contributed by atoms with van der Waals surface area (Å²) in [5, 5.41) is 16.5. The van der Waals surface area contributed by atoms with E-state index in [1.54, 1.807) is 30.8 Å². The van der Waals surface area contributed by atoms with Gasteiger partial charge >= 0.3 is 0 Å². The van der Waals surface area contributed by atoms with Crippen molar-refractivity contribution in [2.45, 2.75) is 36.4 Å². The van der Waals surface area contributed by atoms with Crippen molar-refractivity contribution in [3.63, 3.8) is 0 Å². The van der Waals surface area contributed by atoms with Crippen LogP contribution < -0.4 is 10.6 Å². The number of halogens is 2. The maximum Gasteiger partial charge on any atom is 0.156 e. The molecule has 1 fully saturated rings. The number of amidine groups is 1. The molecule has 1 aliphatic rings. The third-order valence-corrected chi connectivity index (χ3v) is 10.7. The third-order valence-electron chi connectivity index (χ3n) is 6.40. The van der Waals surface area contributed by atoms with E-state index in [0.717, 1.165) is 16.5 Å². The molecule has 170 valence electrons. The molecule has 1 saturated heterocycles. The molecule has 6 nitrogen and oxygen atoms in total. The zero-order chi connectivity index (χ0) is 23.1. The van der Waals surface area contributed by atoms with Crippen LogP contribution in [-0.2, 0) is 15.3 Å². The molecular weight excluding hydrogens is 493 g/mol. The number of rotatable bonds is 4. The van der Waals surface area contributed by atoms with Gasteiger partial charge in [0.15, 0.2) is 5.82 Å². The fraction of sp³-hybridized carbons (Fsp3) is 0.348. The average molecular weight is 520 g/mol. The predicted molar refractivity (Wildman–Crippen MR) is 134 cm³/mol. The Morgan fingerprint density at radius 1 is 1.31 bits per heavy atom. The maximum atomic E-state index is 14.8. The third kappa shape index (κ3) is 4.15. The highest BCUT2D eigenvalue weighted by atomic mass is 79.9. The monoisotopic (exact) mass is 519 g/mol. The van der Waals surface area contributed by atoms with Gasteiger partial charge in [0.1, 0.15) is 17.2 Å². The van der Waals surface area contributed by atoms with Gasteiger partial charge in [0, 0.05) is 40.1 Å². The summed E-state index contributed by atoms with van der Waals surface area (Å²) in [6.07, 6.45) is 5.74. The molecule has 3 N–H and O–H groups in total. The second-order valence-electron chi connectivity index (χ2n) is 8.81. The summed E-state index contributed by atoms with van der Waals surface area (Å²) in [5.74, 6) is 0.854. The lowest BCUT2D eigenvalue weighted by molar-refractivity contribution is 0.550. The molecule has 0 spiro atoms. The highest BCUT2D eigenvalue weighted by molar-refractivity contribution is 9.08. The Balaban J connectivity index is 1.66. The van der Waals surface area contributed by atoms with Gasteiger partial charge in [0.2, 0.25) is 0 Å². The summed E-state index contributed by atoms with van der Waals surface area (Å²) in [5.41, 5.74) is 2.90. The number of nitrogens with one attached hydrogen (secondary N) is 3. The molecule has 0 aliphatic carbocycles. The first-order chi connectivity index (χ1) is 15.1. The van der Waals surface area contributed by atoms with Crippen LogP contribution in [0.1, 0.15) is 37.4 Å². The van der Waals surface area contributed by atoms with Crippen LogP contribution in [0.3, 0.4) is 0 Å². The maximum absolute atomic E-state index is 14.8. The number of aromatic nitrogens is 2. The fourth-order valence-electron chi connectivity index (χ4n) is 3.84. The van der Waals surface area contributed by atoms with Crippen molar-refractivity contribution < 1.29 is 8.60 Å². The molecule has 4 rings (SSSR count). The molecule has 0 bridgehead atoms. The van der Waals surface area contributed by atoms with Gasteiger partial charge in [-0.1, -0.05) is 25.9 Å². The van der Waals surface area contributed by atoms with Crippen LogP contribution in [0, 0.1) is 11.2 Å². The van der Waals surface area contributed by atoms with E-state index in [1.807, 2.05) is 26.0 Å². The lowest BCUT2D eigenvalue weighted by Crippen LogP contribution is -2.49. The largest absolute Gasteiger partial charge is 0.366 e. The molecule has 1 unspecified atom stereocenters. The van der Waals surface area contributed by atoms with Crippen molar-refractivity contribution in [2.24, 2.45) is 0 Å². The molecular formula is C23H27BrFN5OS. The number of thiol groups is 1. The Morgan fingerprint density at radius 2 is 2.09 bits per heavy atom. The van der Waals surface area contributed by atoms with E-state index in [2.05, 4.69) is 36.5 Å². The van der Waals surface area contributed by atoms with Crippen LogP contribution >= 0.6 is 15.9 Å². The predicted octanol–water partition coefficient (Wildman–Crippen LogP) is 4.84. The molecule has 1 aromatic carbocycles. The summed E-state index contributed by atoms with van der Waals surface area (Å²) >= 11 is 3.45. The molecule has 0 radical (unpaired) electrons. The minimum Gasteiger partial charge on any atom is -0.366 e. The summed E-state index contributed by atoms with van der Waals surface area (Å²) in [6.45, 7) is 3.64. The second kappa shape index (κ2) is 8.51. The number of nitrogens with zero attached hydrogens (tertiary/aromatic N) is 2. The zero-order valence-corrected chi connectivity index (χ0v) is 20.7. The number of benzene rings is 1. The molecule has 9 heteroatoms. The number of hydrogen-bond acceptors (Lipinski definition) is 5. The van der Waals surface area contributed by atoms with Gasteiger partial charge in [-0.2, -0.15) is 0 Å². The first-order valence-electron chi connectivity index (χ1n) is 10.4. The second-order valence-corrected chi connectivity index (χ2v) is 13.1. The van der Waals surface area contributed by atoms with Crippen LogP contribution in [0.25, 0.3) is 10.9 Å². The molecule has 1 atom stereocenters. The Labute approximate surface area is 196 Å². The van der Waals surface area contributed by atoms with E-state index in [4.69, 9.17) is 5.41 Å². The zero-order valence-electron chi connectivity index (χ0n) is 18.2. The van der Waals surface area contributed by atoms with Gasteiger partial charge in [-0.3, -0.25) is 14.6 Å². The van der Waals surface area contributed by atoms with Gasteiger partial charge < -0.3 is 10.6 Å². The summed E-state index contributed by atoms with van der Waals surface area (Å²) in [4.78, 5) is 8.95. The van der Waals surface area contributed by atoms with Crippen LogP contribution in [0.15, 0.2) is 42.7 Å². The highest BCUT2D eigenvalue weighted by Gasteiger charge is 2.40. The van der Waals surface area contributed by atoms with Crippen molar-refractivity contribution in [1.29, 1.82) is 5.41 Å². The van der Waals surface area contributed by atoms with Gasteiger partial charge in [-0.25, -0.2) is 9.37 Å². The first-order valence-corrected chi connectivity index (χ1v) is 13.9. The van der Waals surface area contributed by atoms with Crippen LogP contribution in [0.2, 0.25) is 0 Å². The average Bonchev–Trinajstić information content (AvgIpc) is 2.84. The van der Waals surface area contributed by atoms with Crippen molar-refractivity contribution in [2.75, 3.05) is 17.3 Å². The Bertz CT molecular complexity index is 1250. The summed E-state index contributed by atoms with van der Waals surface area (Å²) in [7, 11) is -2.61. The summed E-state index contributed by atoms with van der Waals surface area (Å²) in [6, 6.07) is 8.31. The van der Waals surface area contributed by atoms with E-state index in [9.17, 15) is 8.60 Å². The van der Waals surface area contributed by atoms with Crippen molar-refractivity contribution in [3.05, 3.63) is 59.7 Å². The minimum absolute atomic E-state index is 0.186. The van der Waals surface area contributed by atoms with E-state index in [1.165, 1.54) is 6.07 Å². The highest BCUT2D eigenvalue weighted by Crippen LogP contribution is 2.34. The topological polar surface area (TPSA) is 90.8 Å². The molecule has 3 heterocycles. The standard InChI is InChI=1S/C23H27BrFN5OS/c1-23(2)22(26)30-19(7-9-32(23,3)31)17-11-16(4-5-18(17)25)29-21-20-15(6-8-27-21)10-14(12-24)13-28-20/h4-6,8,10-11,13,19,32H,7,9,12H2,1-3H3,(H2,26,30)(H,27,29). The van der Waals surface area contributed by atoms with Gasteiger partial charge in [-0.05, 0) is 62.4 Å². The van der Waals surface area contributed by atoms with Gasteiger partial charge in [0.25, 0.3) is 0 Å². The number of alkyl halides is 1. The van der Waals surface area contributed by atoms with Crippen molar-refractivity contribution in [1.82, 2.24) is 15.3 Å². The van der Waals surface area contributed by atoms with E-state index >= 15 is 0 Å². The van der Waals surface area contributed by atoms with E-state index in [0.29, 0.717) is 34.6 Å². The molecule has 0 saturated carbocycles. The SMILES string of the molecule is CC1(C)C(=N)NC(c2cc(Nc3nccc4cc(CBr)cnc34)ccc2F)CC[SH]1(C)=O. The van der Waals surface area contributed by atoms with Gasteiger partial charge in [0.05, 0.1) is 10.8 Å². The van der Waals surface area contributed by atoms with Crippen molar-refractivity contribution >= 4 is 54.1 Å². The molecule has 0 amide bonds. The number of pyridine rings is 2. The molecule has 3 aromatic rings. The van der Waals surface area contributed by atoms with E-state index < -0.39 is 20.7 Å². The summed E-state index contributed by atoms with van der Waals surface area (Å²) < 4.78 is 27.2. The minimum atomic E-state index is -2.61. The Kier molecular flexibility index (Phi) is 6.06. The smallest absolute Gasteiger partial charge is 0.156 e. The van der Waals surface area contributed by atoms with Gasteiger partial charge in [-0.15, -0.1) is 0 Å². The Hall–Kier alpha value is -2.39. The van der Waals surface area contributed by atoms with Crippen LogP contribution in [0.5, 0.6) is 0 Å². The number of fused-ring (bicyclic) bond motifs is 1. The van der Waals surface area contributed by atoms with Crippen LogP contribution in [-0.4, -0.2) is 36.8 Å². The molecule has 2 aromatic heterocycles. The fourth-order valence-corrected chi connectivity index (χ4v) is 6.00. The normalized spacial score (nSPS) is 20.9. The lowest BCUT2D eigenvalue weighted by atomic mass is 10.0. The van der Waals surface area contributed by atoms with Crippen LogP contribution in [0.4, 0.5) is 15.9 Å². The number of hydrogen-bond donors (Lipinski definition) is 4. The molecule has 1 aliphatic heterocycles. The first kappa shape index (κ1) is 22.8. The number of anilines is 2. The Morgan fingerprint density at radius 3 is 2.84 bits per heavy atom. The lowest BCUT2D eigenvalue weighted by Gasteiger charge is -2.34. The quantitative estimate of drug-likeness (QED) is 0.292. The molecule has 32 heavy (non-hydrogen) atoms. The van der Waals surface area contributed by atoms with E-state index in [-0.39, 0.29) is 11.7 Å².